The molecule has 3 aromatic rings. The van der Waals surface area contributed by atoms with Crippen LogP contribution in [0.2, 0.25) is 0 Å². The van der Waals surface area contributed by atoms with E-state index >= 15 is 0 Å². The second-order valence-electron chi connectivity index (χ2n) is 6.93. The third kappa shape index (κ3) is 3.45. The number of aromatic nitrogens is 2. The summed E-state index contributed by atoms with van der Waals surface area (Å²) in [5.41, 5.74) is 5.95. The summed E-state index contributed by atoms with van der Waals surface area (Å²) in [5.74, 6) is 0.0591. The van der Waals surface area contributed by atoms with Gasteiger partial charge in [0.15, 0.2) is 0 Å². The molecule has 2 aromatic carbocycles. The molecule has 0 radical (unpaired) electrons. The van der Waals surface area contributed by atoms with Gasteiger partial charge in [-0.2, -0.15) is 5.10 Å². The minimum Gasteiger partial charge on any atom is -0.273 e. The minimum atomic E-state index is -0.105. The highest BCUT2D eigenvalue weighted by molar-refractivity contribution is 6.03. The number of carbonyl (C=O) groups is 1. The first kappa shape index (κ1) is 17.3. The molecule has 0 bridgehead atoms. The van der Waals surface area contributed by atoms with Crippen molar-refractivity contribution in [2.24, 2.45) is 5.10 Å². The van der Waals surface area contributed by atoms with Gasteiger partial charge in [-0.25, -0.2) is 5.01 Å². The lowest BCUT2D eigenvalue weighted by atomic mass is 9.97. The number of hydrogen-bond donors (Lipinski definition) is 0. The molecule has 0 saturated carbocycles. The predicted molar refractivity (Wildman–Crippen MR) is 106 cm³/mol. The first-order valence-electron chi connectivity index (χ1n) is 9.33. The van der Waals surface area contributed by atoms with Crippen molar-refractivity contribution in [2.75, 3.05) is 0 Å². The van der Waals surface area contributed by atoms with Gasteiger partial charge in [-0.1, -0.05) is 42.8 Å². The van der Waals surface area contributed by atoms with Crippen molar-refractivity contribution in [3.8, 4) is 0 Å². The zero-order chi connectivity index (χ0) is 18.8. The van der Waals surface area contributed by atoms with Crippen LogP contribution in [0.25, 0.3) is 11.0 Å². The maximum absolute atomic E-state index is 12.7. The number of amides is 1. The third-order valence-corrected chi connectivity index (χ3v) is 4.89. The van der Waals surface area contributed by atoms with E-state index in [2.05, 4.69) is 41.2 Å². The van der Waals surface area contributed by atoms with Gasteiger partial charge in [0, 0.05) is 25.2 Å². The molecule has 0 aliphatic carbocycles. The highest BCUT2D eigenvalue weighted by atomic mass is 16.2. The second kappa shape index (κ2) is 7.27. The summed E-state index contributed by atoms with van der Waals surface area (Å²) >= 11 is 0. The smallest absolute Gasteiger partial charge is 0.243 e. The lowest BCUT2D eigenvalue weighted by molar-refractivity contribution is -0.133. The summed E-state index contributed by atoms with van der Waals surface area (Å²) in [4.78, 5) is 21.4. The van der Waals surface area contributed by atoms with Crippen LogP contribution in [0.3, 0.4) is 0 Å². The van der Waals surface area contributed by atoms with E-state index < -0.39 is 0 Å². The molecule has 0 fully saturated rings. The summed E-state index contributed by atoms with van der Waals surface area (Å²) in [6, 6.07) is 14.2. The molecule has 0 spiro atoms. The van der Waals surface area contributed by atoms with E-state index in [0.717, 1.165) is 34.3 Å². The highest BCUT2D eigenvalue weighted by Gasteiger charge is 2.32. The quantitative estimate of drug-likeness (QED) is 0.694. The van der Waals surface area contributed by atoms with Crippen molar-refractivity contribution in [1.29, 1.82) is 0 Å². The standard InChI is InChI=1S/C22H22N4O/c1-3-4-22(27)26-21(14-19(25-26)16-7-5-15(2)6-8-16)17-9-10-18-20(13-17)24-12-11-23-18/h5-13,21H,3-4,14H2,1-2H3. The van der Waals surface area contributed by atoms with Crippen LogP contribution < -0.4 is 0 Å². The Morgan fingerprint density at radius 3 is 2.56 bits per heavy atom. The number of benzene rings is 2. The van der Waals surface area contributed by atoms with Crippen LogP contribution in [0, 0.1) is 6.92 Å². The lowest BCUT2D eigenvalue weighted by Crippen LogP contribution is -2.26. The predicted octanol–water partition coefficient (Wildman–Crippen LogP) is 4.42. The molecule has 4 rings (SSSR count). The molecule has 5 nitrogen and oxygen atoms in total. The average Bonchev–Trinajstić information content (AvgIpc) is 3.14. The van der Waals surface area contributed by atoms with Gasteiger partial charge in [0.1, 0.15) is 0 Å². The largest absolute Gasteiger partial charge is 0.273 e. The molecule has 27 heavy (non-hydrogen) atoms. The van der Waals surface area contributed by atoms with Crippen LogP contribution in [0.4, 0.5) is 0 Å². The Bertz CT molecular complexity index is 1010. The lowest BCUT2D eigenvalue weighted by Gasteiger charge is -2.22. The molecule has 5 heteroatoms. The molecule has 1 unspecified atom stereocenters. The summed E-state index contributed by atoms with van der Waals surface area (Å²) in [5, 5.41) is 6.37. The number of hydrogen-bond acceptors (Lipinski definition) is 4. The van der Waals surface area contributed by atoms with Gasteiger partial charge >= 0.3 is 0 Å². The van der Waals surface area contributed by atoms with Crippen molar-refractivity contribution in [3.05, 3.63) is 71.5 Å². The number of hydrazone groups is 1. The molecule has 0 N–H and O–H groups in total. The molecule has 0 saturated heterocycles. The van der Waals surface area contributed by atoms with E-state index in [-0.39, 0.29) is 11.9 Å². The Morgan fingerprint density at radius 1 is 1.07 bits per heavy atom. The first-order valence-corrected chi connectivity index (χ1v) is 9.33. The Morgan fingerprint density at radius 2 is 1.81 bits per heavy atom. The maximum atomic E-state index is 12.7. The van der Waals surface area contributed by atoms with Crippen LogP contribution >= 0.6 is 0 Å². The van der Waals surface area contributed by atoms with Gasteiger partial charge in [0.05, 0.1) is 22.8 Å². The Labute approximate surface area is 158 Å². The normalized spacial score (nSPS) is 16.6. The Kier molecular flexibility index (Phi) is 4.67. The van der Waals surface area contributed by atoms with E-state index in [1.807, 2.05) is 25.1 Å². The van der Waals surface area contributed by atoms with Crippen LogP contribution in [-0.2, 0) is 4.79 Å². The van der Waals surface area contributed by atoms with Gasteiger partial charge in [0.2, 0.25) is 5.91 Å². The third-order valence-electron chi connectivity index (χ3n) is 4.89. The number of aryl methyl sites for hydroxylation is 1. The van der Waals surface area contributed by atoms with Crippen molar-refractivity contribution in [1.82, 2.24) is 15.0 Å². The van der Waals surface area contributed by atoms with Crippen LogP contribution in [0.1, 0.15) is 48.9 Å². The number of rotatable bonds is 4. The maximum Gasteiger partial charge on any atom is 0.243 e. The highest BCUT2D eigenvalue weighted by Crippen LogP contribution is 2.34. The van der Waals surface area contributed by atoms with E-state index in [1.165, 1.54) is 5.56 Å². The molecule has 1 aromatic heterocycles. The molecule has 1 aliphatic rings. The number of fused-ring (bicyclic) bond motifs is 1. The van der Waals surface area contributed by atoms with E-state index in [1.54, 1.807) is 17.4 Å². The molecule has 1 atom stereocenters. The number of nitrogens with zero attached hydrogens (tertiary/aromatic N) is 4. The fourth-order valence-corrected chi connectivity index (χ4v) is 3.44. The molecule has 1 amide bonds. The number of carbonyl (C=O) groups excluding carboxylic acids is 1. The van der Waals surface area contributed by atoms with E-state index in [0.29, 0.717) is 12.8 Å². The van der Waals surface area contributed by atoms with E-state index in [9.17, 15) is 4.79 Å². The fourth-order valence-electron chi connectivity index (χ4n) is 3.44. The summed E-state index contributed by atoms with van der Waals surface area (Å²) in [6.07, 6.45) is 5.38. The fraction of sp³-hybridized carbons (Fsp3) is 0.273. The Balaban J connectivity index is 1.71. The van der Waals surface area contributed by atoms with Gasteiger partial charge in [-0.05, 0) is 36.6 Å². The van der Waals surface area contributed by atoms with Crippen molar-refractivity contribution >= 4 is 22.7 Å². The van der Waals surface area contributed by atoms with Crippen LogP contribution in [0.5, 0.6) is 0 Å². The van der Waals surface area contributed by atoms with Crippen molar-refractivity contribution < 1.29 is 4.79 Å². The zero-order valence-corrected chi connectivity index (χ0v) is 15.6. The molecule has 136 valence electrons. The first-order chi connectivity index (χ1) is 13.2. The SMILES string of the molecule is CCCC(=O)N1N=C(c2ccc(C)cc2)CC1c1ccc2nccnc2c1. The van der Waals surface area contributed by atoms with Crippen molar-refractivity contribution in [2.45, 2.75) is 39.2 Å². The van der Waals surface area contributed by atoms with Gasteiger partial charge in [-0.15, -0.1) is 0 Å². The molecule has 2 heterocycles. The summed E-state index contributed by atoms with van der Waals surface area (Å²) < 4.78 is 0. The summed E-state index contributed by atoms with van der Waals surface area (Å²) in [6.45, 7) is 4.08. The van der Waals surface area contributed by atoms with Gasteiger partial charge in [0.25, 0.3) is 0 Å². The van der Waals surface area contributed by atoms with Crippen LogP contribution in [-0.4, -0.2) is 26.6 Å². The van der Waals surface area contributed by atoms with Gasteiger partial charge < -0.3 is 0 Å². The average molecular weight is 358 g/mol. The topological polar surface area (TPSA) is 58.5 Å². The summed E-state index contributed by atoms with van der Waals surface area (Å²) in [7, 11) is 0. The Hall–Kier alpha value is -3.08. The molecular weight excluding hydrogens is 336 g/mol. The molecular formula is C22H22N4O. The molecule has 1 aliphatic heterocycles. The minimum absolute atomic E-state index is 0.0591. The van der Waals surface area contributed by atoms with E-state index in [4.69, 9.17) is 5.10 Å². The van der Waals surface area contributed by atoms with Crippen molar-refractivity contribution in [3.63, 3.8) is 0 Å². The van der Waals surface area contributed by atoms with Gasteiger partial charge in [-0.3, -0.25) is 14.8 Å². The van der Waals surface area contributed by atoms with Crippen LogP contribution in [0.15, 0.2) is 60.0 Å². The second-order valence-corrected chi connectivity index (χ2v) is 6.93. The monoisotopic (exact) mass is 358 g/mol. The zero-order valence-electron chi connectivity index (χ0n) is 15.6.